The molecule has 0 aliphatic heterocycles. The summed E-state index contributed by atoms with van der Waals surface area (Å²) >= 11 is 0. The van der Waals surface area contributed by atoms with E-state index in [-0.39, 0.29) is 11.7 Å². The van der Waals surface area contributed by atoms with Crippen molar-refractivity contribution in [3.05, 3.63) is 53.6 Å². The number of benzene rings is 1. The number of hydrogen-bond acceptors (Lipinski definition) is 2. The number of allylic oxidation sites excluding steroid dienone is 3. The van der Waals surface area contributed by atoms with Gasteiger partial charge in [-0.3, -0.25) is 4.79 Å². The predicted octanol–water partition coefficient (Wildman–Crippen LogP) is 3.65. The molecule has 0 aliphatic carbocycles. The normalized spacial score (nSPS) is 11.8. The third-order valence-electron chi connectivity index (χ3n) is 3.18. The molecule has 0 aliphatic rings. The van der Waals surface area contributed by atoms with Crippen LogP contribution in [-0.4, -0.2) is 22.5 Å². The van der Waals surface area contributed by atoms with Crippen molar-refractivity contribution in [2.24, 2.45) is 0 Å². The van der Waals surface area contributed by atoms with E-state index in [1.54, 1.807) is 19.1 Å². The Kier molecular flexibility index (Phi) is 6.57. The van der Waals surface area contributed by atoms with Crippen molar-refractivity contribution in [3.63, 3.8) is 0 Å². The molecule has 1 rings (SSSR count). The Morgan fingerprint density at radius 3 is 2.40 bits per heavy atom. The maximum Gasteiger partial charge on any atom is 0.219 e. The van der Waals surface area contributed by atoms with Crippen LogP contribution in [0.1, 0.15) is 32.8 Å². The van der Waals surface area contributed by atoms with Crippen LogP contribution in [0.15, 0.2) is 48.1 Å². The van der Waals surface area contributed by atoms with Crippen LogP contribution in [0.5, 0.6) is 5.75 Å². The van der Waals surface area contributed by atoms with Crippen LogP contribution in [0, 0.1) is 0 Å². The second kappa shape index (κ2) is 8.20. The van der Waals surface area contributed by atoms with Crippen LogP contribution in [0.25, 0.3) is 0 Å². The molecule has 1 aromatic carbocycles. The molecular weight excluding hydrogens is 250 g/mol. The van der Waals surface area contributed by atoms with E-state index in [4.69, 9.17) is 0 Å². The van der Waals surface area contributed by atoms with Gasteiger partial charge in [0.2, 0.25) is 5.91 Å². The van der Waals surface area contributed by atoms with Crippen LogP contribution in [0.2, 0.25) is 0 Å². The lowest BCUT2D eigenvalue weighted by atomic mass is 10.1. The lowest BCUT2D eigenvalue weighted by molar-refractivity contribution is -0.129. The number of hydrogen-bond donors (Lipinski definition) is 1. The fourth-order valence-electron chi connectivity index (χ4n) is 1.97. The highest BCUT2D eigenvalue weighted by atomic mass is 16.3. The largest absolute Gasteiger partial charge is 0.508 e. The van der Waals surface area contributed by atoms with Crippen LogP contribution in [-0.2, 0) is 11.3 Å². The van der Waals surface area contributed by atoms with Gasteiger partial charge in [-0.2, -0.15) is 0 Å². The highest BCUT2D eigenvalue weighted by Gasteiger charge is 2.09. The Hall–Kier alpha value is -2.03. The predicted molar refractivity (Wildman–Crippen MR) is 82.4 cm³/mol. The van der Waals surface area contributed by atoms with E-state index in [0.717, 1.165) is 12.0 Å². The van der Waals surface area contributed by atoms with E-state index in [0.29, 0.717) is 13.1 Å². The van der Waals surface area contributed by atoms with Gasteiger partial charge in [-0.15, -0.1) is 0 Å². The fourth-order valence-corrected chi connectivity index (χ4v) is 1.97. The third-order valence-corrected chi connectivity index (χ3v) is 3.18. The number of amides is 1. The molecule has 3 nitrogen and oxygen atoms in total. The quantitative estimate of drug-likeness (QED) is 0.804. The first kappa shape index (κ1) is 16.0. The monoisotopic (exact) mass is 273 g/mol. The lowest BCUT2D eigenvalue weighted by Gasteiger charge is -2.21. The maximum absolute atomic E-state index is 11.7. The van der Waals surface area contributed by atoms with Crippen molar-refractivity contribution in [1.82, 2.24) is 4.90 Å². The van der Waals surface area contributed by atoms with Crippen LogP contribution in [0.3, 0.4) is 0 Å². The number of carbonyl (C=O) groups is 1. The van der Waals surface area contributed by atoms with Gasteiger partial charge in [0, 0.05) is 20.0 Å². The minimum absolute atomic E-state index is 0.0639. The molecule has 3 heteroatoms. The number of nitrogens with zero attached hydrogens (tertiary/aromatic N) is 1. The topological polar surface area (TPSA) is 40.5 Å². The molecule has 0 heterocycles. The molecule has 0 unspecified atom stereocenters. The number of phenols is 1. The summed E-state index contributed by atoms with van der Waals surface area (Å²) in [6.45, 7) is 6.85. The standard InChI is InChI=1S/C17H23NO2/c1-4-6-15(5-2)11-12-18(14(3)19)13-16-7-9-17(20)10-8-16/h4-10,20H,11-13H2,1-3H3/b6-4-,15-5+. The Labute approximate surface area is 121 Å². The van der Waals surface area contributed by atoms with Gasteiger partial charge in [-0.05, 0) is 38.0 Å². The van der Waals surface area contributed by atoms with Gasteiger partial charge in [-0.1, -0.05) is 35.9 Å². The summed E-state index contributed by atoms with van der Waals surface area (Å²) in [6.07, 6.45) is 6.99. The first-order chi connectivity index (χ1) is 9.56. The first-order valence-corrected chi connectivity index (χ1v) is 6.88. The van der Waals surface area contributed by atoms with Crippen molar-refractivity contribution >= 4 is 5.91 Å². The van der Waals surface area contributed by atoms with E-state index in [1.165, 1.54) is 5.57 Å². The molecule has 108 valence electrons. The van der Waals surface area contributed by atoms with Gasteiger partial charge >= 0.3 is 0 Å². The van der Waals surface area contributed by atoms with Crippen molar-refractivity contribution in [1.29, 1.82) is 0 Å². The molecule has 1 N–H and O–H groups in total. The van der Waals surface area contributed by atoms with Crippen molar-refractivity contribution < 1.29 is 9.90 Å². The summed E-state index contributed by atoms with van der Waals surface area (Å²) in [5.41, 5.74) is 2.25. The molecule has 0 atom stereocenters. The van der Waals surface area contributed by atoms with E-state index in [2.05, 4.69) is 12.2 Å². The Bertz CT molecular complexity index is 486. The average Bonchev–Trinajstić information content (AvgIpc) is 2.43. The first-order valence-electron chi connectivity index (χ1n) is 6.88. The minimum Gasteiger partial charge on any atom is -0.508 e. The lowest BCUT2D eigenvalue weighted by Crippen LogP contribution is -2.29. The highest BCUT2D eigenvalue weighted by molar-refractivity contribution is 5.73. The Morgan fingerprint density at radius 1 is 1.25 bits per heavy atom. The van der Waals surface area contributed by atoms with Crippen LogP contribution in [0.4, 0.5) is 0 Å². The van der Waals surface area contributed by atoms with Crippen LogP contribution < -0.4 is 0 Å². The zero-order chi connectivity index (χ0) is 15.0. The van der Waals surface area contributed by atoms with Gasteiger partial charge < -0.3 is 10.0 Å². The summed E-state index contributed by atoms with van der Waals surface area (Å²) < 4.78 is 0. The van der Waals surface area contributed by atoms with Crippen molar-refractivity contribution in [2.75, 3.05) is 6.54 Å². The molecule has 20 heavy (non-hydrogen) atoms. The molecule has 0 saturated heterocycles. The molecule has 1 aromatic rings. The van der Waals surface area contributed by atoms with E-state index in [1.807, 2.05) is 37.0 Å². The molecule has 1 amide bonds. The smallest absolute Gasteiger partial charge is 0.219 e. The second-order valence-corrected chi connectivity index (χ2v) is 4.72. The van der Waals surface area contributed by atoms with Crippen molar-refractivity contribution in [2.45, 2.75) is 33.7 Å². The van der Waals surface area contributed by atoms with Gasteiger partial charge in [0.1, 0.15) is 5.75 Å². The summed E-state index contributed by atoms with van der Waals surface area (Å²) in [5, 5.41) is 9.27. The van der Waals surface area contributed by atoms with Gasteiger partial charge in [-0.25, -0.2) is 0 Å². The van der Waals surface area contributed by atoms with Crippen LogP contribution >= 0.6 is 0 Å². The number of carbonyl (C=O) groups excluding carboxylic acids is 1. The Balaban J connectivity index is 2.65. The van der Waals surface area contributed by atoms with E-state index >= 15 is 0 Å². The van der Waals surface area contributed by atoms with Gasteiger partial charge in [0.05, 0.1) is 0 Å². The average molecular weight is 273 g/mol. The highest BCUT2D eigenvalue weighted by Crippen LogP contribution is 2.13. The van der Waals surface area contributed by atoms with Gasteiger partial charge in [0.25, 0.3) is 0 Å². The molecule has 0 bridgehead atoms. The van der Waals surface area contributed by atoms with Gasteiger partial charge in [0.15, 0.2) is 0 Å². The zero-order valence-corrected chi connectivity index (χ0v) is 12.5. The van der Waals surface area contributed by atoms with E-state index < -0.39 is 0 Å². The zero-order valence-electron chi connectivity index (χ0n) is 12.5. The third kappa shape index (κ3) is 5.31. The van der Waals surface area contributed by atoms with Crippen molar-refractivity contribution in [3.8, 4) is 5.75 Å². The second-order valence-electron chi connectivity index (χ2n) is 4.72. The summed E-state index contributed by atoms with van der Waals surface area (Å²) in [5.74, 6) is 0.307. The molecule has 0 radical (unpaired) electrons. The number of rotatable bonds is 6. The number of phenolic OH excluding ortho intramolecular Hbond substituents is 1. The summed E-state index contributed by atoms with van der Waals surface area (Å²) in [7, 11) is 0. The minimum atomic E-state index is 0.0639. The Morgan fingerprint density at radius 2 is 1.90 bits per heavy atom. The molecular formula is C17H23NO2. The summed E-state index contributed by atoms with van der Waals surface area (Å²) in [6, 6.07) is 6.97. The molecule has 0 spiro atoms. The molecule has 0 saturated carbocycles. The SMILES string of the molecule is C/C=C\C(=C/C)CCN(Cc1ccc(O)cc1)C(C)=O. The number of aromatic hydroxyl groups is 1. The summed E-state index contributed by atoms with van der Waals surface area (Å²) in [4.78, 5) is 13.5. The van der Waals surface area contributed by atoms with E-state index in [9.17, 15) is 9.90 Å². The maximum atomic E-state index is 11.7. The molecule has 0 fully saturated rings. The fraction of sp³-hybridized carbons (Fsp3) is 0.353. The molecule has 0 aromatic heterocycles.